The van der Waals surface area contributed by atoms with Crippen LogP contribution < -0.4 is 4.72 Å². The summed E-state index contributed by atoms with van der Waals surface area (Å²) < 4.78 is 27.6. The standard InChI is InChI=1S/C16H16N2O4S/c1-10-2-4-13-11(8-10)3-5-14(13)18-23(21,22)15-9-12(16(19)20)6-7-17-15/h2,4,6-9,14,18H,3,5H2,1H3,(H,19,20). The van der Waals surface area contributed by atoms with E-state index in [2.05, 4.69) is 15.8 Å². The van der Waals surface area contributed by atoms with E-state index in [-0.39, 0.29) is 16.6 Å². The highest BCUT2D eigenvalue weighted by molar-refractivity contribution is 7.89. The molecule has 23 heavy (non-hydrogen) atoms. The van der Waals surface area contributed by atoms with Crippen molar-refractivity contribution in [3.05, 3.63) is 58.8 Å². The van der Waals surface area contributed by atoms with E-state index in [9.17, 15) is 13.2 Å². The van der Waals surface area contributed by atoms with E-state index < -0.39 is 16.0 Å². The third-order valence-electron chi connectivity index (χ3n) is 3.93. The summed E-state index contributed by atoms with van der Waals surface area (Å²) >= 11 is 0. The molecule has 2 N–H and O–H groups in total. The fourth-order valence-corrected chi connectivity index (χ4v) is 4.03. The molecule has 1 unspecified atom stereocenters. The Morgan fingerprint density at radius 2 is 2.09 bits per heavy atom. The number of fused-ring (bicyclic) bond motifs is 1. The third-order valence-corrected chi connectivity index (χ3v) is 5.30. The molecule has 1 aliphatic carbocycles. The smallest absolute Gasteiger partial charge is 0.335 e. The minimum absolute atomic E-state index is 0.108. The van der Waals surface area contributed by atoms with Crippen molar-refractivity contribution in [1.82, 2.24) is 9.71 Å². The first-order valence-corrected chi connectivity index (χ1v) is 8.66. The number of aromatic carboxylic acids is 1. The van der Waals surface area contributed by atoms with Gasteiger partial charge in [0, 0.05) is 12.2 Å². The number of carbonyl (C=O) groups is 1. The van der Waals surface area contributed by atoms with Crippen LogP contribution in [0.25, 0.3) is 0 Å². The second kappa shape index (κ2) is 5.75. The summed E-state index contributed by atoms with van der Waals surface area (Å²) in [5.41, 5.74) is 3.14. The molecule has 1 aromatic heterocycles. The average molecular weight is 332 g/mol. The molecule has 6 nitrogen and oxygen atoms in total. The maximum atomic E-state index is 12.5. The minimum atomic E-state index is -3.88. The molecule has 0 saturated carbocycles. The minimum Gasteiger partial charge on any atom is -0.478 e. The second-order valence-electron chi connectivity index (χ2n) is 5.60. The average Bonchev–Trinajstić information content (AvgIpc) is 2.89. The second-order valence-corrected chi connectivity index (χ2v) is 7.26. The van der Waals surface area contributed by atoms with Crippen LogP contribution >= 0.6 is 0 Å². The Hall–Kier alpha value is -2.25. The van der Waals surface area contributed by atoms with Gasteiger partial charge in [-0.15, -0.1) is 0 Å². The van der Waals surface area contributed by atoms with Crippen LogP contribution in [0.4, 0.5) is 0 Å². The Bertz CT molecular complexity index is 877. The maximum Gasteiger partial charge on any atom is 0.335 e. The van der Waals surface area contributed by atoms with Crippen molar-refractivity contribution in [2.45, 2.75) is 30.8 Å². The lowest BCUT2D eigenvalue weighted by atomic mass is 10.1. The normalized spacial score (nSPS) is 17.0. The van der Waals surface area contributed by atoms with Crippen molar-refractivity contribution in [2.24, 2.45) is 0 Å². The molecule has 120 valence electrons. The van der Waals surface area contributed by atoms with Crippen molar-refractivity contribution < 1.29 is 18.3 Å². The van der Waals surface area contributed by atoms with E-state index in [1.165, 1.54) is 12.3 Å². The van der Waals surface area contributed by atoms with Gasteiger partial charge in [0.05, 0.1) is 5.56 Å². The lowest BCUT2D eigenvalue weighted by Crippen LogP contribution is -2.28. The molecular formula is C16H16N2O4S. The number of nitrogens with zero attached hydrogens (tertiary/aromatic N) is 1. The van der Waals surface area contributed by atoms with Gasteiger partial charge in [0.25, 0.3) is 10.0 Å². The largest absolute Gasteiger partial charge is 0.478 e. The highest BCUT2D eigenvalue weighted by atomic mass is 32.2. The molecule has 0 bridgehead atoms. The Kier molecular flexibility index (Phi) is 3.91. The number of rotatable bonds is 4. The van der Waals surface area contributed by atoms with Crippen molar-refractivity contribution in [2.75, 3.05) is 0 Å². The number of benzene rings is 1. The summed E-state index contributed by atoms with van der Waals surface area (Å²) in [5, 5.41) is 8.69. The number of aryl methyl sites for hydroxylation is 2. The molecule has 0 fully saturated rings. The van der Waals surface area contributed by atoms with Gasteiger partial charge in [-0.2, -0.15) is 0 Å². The monoisotopic (exact) mass is 332 g/mol. The van der Waals surface area contributed by atoms with Gasteiger partial charge in [-0.1, -0.05) is 23.8 Å². The van der Waals surface area contributed by atoms with Crippen LogP contribution in [0.1, 0.15) is 39.5 Å². The van der Waals surface area contributed by atoms with Gasteiger partial charge in [-0.05, 0) is 43.0 Å². The number of pyridine rings is 1. The fourth-order valence-electron chi connectivity index (χ4n) is 2.81. The van der Waals surface area contributed by atoms with Crippen LogP contribution in [0, 0.1) is 6.92 Å². The summed E-state index contributed by atoms with van der Waals surface area (Å²) in [6.45, 7) is 2.00. The molecule has 1 aromatic carbocycles. The first kappa shape index (κ1) is 15.6. The molecule has 1 heterocycles. The lowest BCUT2D eigenvalue weighted by Gasteiger charge is -2.14. The van der Waals surface area contributed by atoms with Crippen LogP contribution in [0.3, 0.4) is 0 Å². The number of nitrogens with one attached hydrogen (secondary N) is 1. The maximum absolute atomic E-state index is 12.5. The number of aromatic nitrogens is 1. The lowest BCUT2D eigenvalue weighted by molar-refractivity contribution is 0.0696. The molecular weight excluding hydrogens is 316 g/mol. The first-order chi connectivity index (χ1) is 10.9. The molecule has 2 aromatic rings. The van der Waals surface area contributed by atoms with Crippen molar-refractivity contribution in [1.29, 1.82) is 0 Å². The SMILES string of the molecule is Cc1ccc2c(c1)CCC2NS(=O)(=O)c1cc(C(=O)O)ccn1. The van der Waals surface area contributed by atoms with E-state index in [4.69, 9.17) is 5.11 Å². The Morgan fingerprint density at radius 3 is 2.83 bits per heavy atom. The van der Waals surface area contributed by atoms with Gasteiger partial charge >= 0.3 is 5.97 Å². The zero-order valence-corrected chi connectivity index (χ0v) is 13.3. The molecule has 0 amide bonds. The Labute approximate surface area is 134 Å². The van der Waals surface area contributed by atoms with E-state index in [0.29, 0.717) is 6.42 Å². The van der Waals surface area contributed by atoms with Crippen LogP contribution in [-0.4, -0.2) is 24.5 Å². The van der Waals surface area contributed by atoms with Gasteiger partial charge < -0.3 is 5.11 Å². The number of hydrogen-bond acceptors (Lipinski definition) is 4. The fraction of sp³-hybridized carbons (Fsp3) is 0.250. The summed E-state index contributed by atoms with van der Waals surface area (Å²) in [7, 11) is -3.88. The summed E-state index contributed by atoms with van der Waals surface area (Å²) in [5.74, 6) is -1.19. The highest BCUT2D eigenvalue weighted by Crippen LogP contribution is 2.32. The molecule has 1 aliphatic rings. The number of hydrogen-bond donors (Lipinski definition) is 2. The number of carboxylic acids is 1. The van der Waals surface area contributed by atoms with Gasteiger partial charge in [-0.25, -0.2) is 22.9 Å². The van der Waals surface area contributed by atoms with E-state index in [1.54, 1.807) is 0 Å². The summed E-state index contributed by atoms with van der Waals surface area (Å²) in [6, 6.07) is 7.96. The third kappa shape index (κ3) is 3.11. The van der Waals surface area contributed by atoms with Crippen molar-refractivity contribution >= 4 is 16.0 Å². The van der Waals surface area contributed by atoms with Gasteiger partial charge in [0.1, 0.15) is 0 Å². The zero-order chi connectivity index (χ0) is 16.6. The van der Waals surface area contributed by atoms with Crippen molar-refractivity contribution in [3.63, 3.8) is 0 Å². The molecule has 0 radical (unpaired) electrons. The Balaban J connectivity index is 1.89. The summed E-state index contributed by atoms with van der Waals surface area (Å²) in [4.78, 5) is 14.8. The molecule has 7 heteroatoms. The number of carboxylic acid groups (broad SMARTS) is 1. The molecule has 0 spiro atoms. The highest BCUT2D eigenvalue weighted by Gasteiger charge is 2.28. The molecule has 3 rings (SSSR count). The van der Waals surface area contributed by atoms with Gasteiger partial charge in [0.2, 0.25) is 0 Å². The molecule has 0 saturated heterocycles. The quantitative estimate of drug-likeness (QED) is 0.893. The van der Waals surface area contributed by atoms with Crippen LogP contribution in [0.2, 0.25) is 0 Å². The van der Waals surface area contributed by atoms with Crippen LogP contribution in [0.5, 0.6) is 0 Å². The van der Waals surface area contributed by atoms with Crippen molar-refractivity contribution in [3.8, 4) is 0 Å². The topological polar surface area (TPSA) is 96.4 Å². The van der Waals surface area contributed by atoms with Gasteiger partial charge in [0.15, 0.2) is 5.03 Å². The molecule has 0 aliphatic heterocycles. The molecule has 1 atom stereocenters. The van der Waals surface area contributed by atoms with E-state index in [0.717, 1.165) is 29.2 Å². The number of sulfonamides is 1. The Morgan fingerprint density at radius 1 is 1.30 bits per heavy atom. The zero-order valence-electron chi connectivity index (χ0n) is 12.5. The predicted octanol–water partition coefficient (Wildman–Crippen LogP) is 2.05. The van der Waals surface area contributed by atoms with Gasteiger partial charge in [-0.3, -0.25) is 0 Å². The first-order valence-electron chi connectivity index (χ1n) is 7.18. The summed E-state index contributed by atoms with van der Waals surface area (Å²) in [6.07, 6.45) is 2.67. The van der Waals surface area contributed by atoms with E-state index >= 15 is 0 Å². The van der Waals surface area contributed by atoms with Crippen LogP contribution in [-0.2, 0) is 16.4 Å². The predicted molar refractivity (Wildman–Crippen MR) is 83.8 cm³/mol. The van der Waals surface area contributed by atoms with Crippen LogP contribution in [0.15, 0.2) is 41.6 Å². The van der Waals surface area contributed by atoms with E-state index in [1.807, 2.05) is 19.1 Å².